The van der Waals surface area contributed by atoms with Crippen LogP contribution in [0.5, 0.6) is 0 Å². The fourth-order valence-electron chi connectivity index (χ4n) is 2.79. The molecule has 1 fully saturated rings. The van der Waals surface area contributed by atoms with Crippen molar-refractivity contribution < 1.29 is 14.3 Å². The number of likely N-dealkylation sites (tertiary alicyclic amines) is 1. The Kier molecular flexibility index (Phi) is 4.67. The maximum Gasteiger partial charge on any atom is 0.337 e. The van der Waals surface area contributed by atoms with E-state index in [1.807, 2.05) is 0 Å². The summed E-state index contributed by atoms with van der Waals surface area (Å²) < 4.78 is 14.0. The molecule has 3 N–H and O–H groups in total. The number of piperidine rings is 1. The number of halogens is 1. The molecule has 0 amide bonds. The van der Waals surface area contributed by atoms with Gasteiger partial charge in [-0.05, 0) is 51.0 Å². The fourth-order valence-corrected chi connectivity index (χ4v) is 2.79. The number of hydrogen-bond acceptors (Lipinski definition) is 4. The third-order valence-electron chi connectivity index (χ3n) is 4.13. The zero-order valence-electron chi connectivity index (χ0n) is 12.5. The largest absolute Gasteiger partial charge is 0.478 e. The molecule has 1 heterocycles. The molecule has 2 rings (SSSR count). The van der Waals surface area contributed by atoms with Gasteiger partial charge < -0.3 is 20.6 Å². The summed E-state index contributed by atoms with van der Waals surface area (Å²) in [5.41, 5.74) is 5.74. The van der Waals surface area contributed by atoms with Gasteiger partial charge in [-0.2, -0.15) is 0 Å². The molecular formula is C15H22FN3O2. The Bertz CT molecular complexity index is 528. The molecule has 6 heteroatoms. The van der Waals surface area contributed by atoms with Crippen molar-refractivity contribution in [1.29, 1.82) is 0 Å². The molecule has 5 nitrogen and oxygen atoms in total. The normalized spacial score (nSPS) is 16.9. The molecule has 1 aliphatic rings. The standard InChI is InChI=1S/C15H22FN3O2/c1-18-5-3-10(4-6-18)9-19(2)14-7-11(15(20)21)13(17)8-12(14)16/h7-8,10H,3-6,9,17H2,1-2H3,(H,20,21). The Balaban J connectivity index is 2.13. The Morgan fingerprint density at radius 3 is 2.67 bits per heavy atom. The van der Waals surface area contributed by atoms with Gasteiger partial charge in [0.1, 0.15) is 5.82 Å². The number of nitrogens with two attached hydrogens (primary N) is 1. The number of carbonyl (C=O) groups is 1. The second-order valence-corrected chi connectivity index (χ2v) is 5.82. The summed E-state index contributed by atoms with van der Waals surface area (Å²) in [6, 6.07) is 2.41. The molecule has 0 spiro atoms. The first kappa shape index (κ1) is 15.6. The molecule has 0 atom stereocenters. The lowest BCUT2D eigenvalue weighted by molar-refractivity contribution is 0.0698. The van der Waals surface area contributed by atoms with Crippen molar-refractivity contribution in [2.75, 3.05) is 44.4 Å². The highest BCUT2D eigenvalue weighted by atomic mass is 19.1. The lowest BCUT2D eigenvalue weighted by Gasteiger charge is -2.32. The van der Waals surface area contributed by atoms with Crippen molar-refractivity contribution in [3.8, 4) is 0 Å². The molecule has 0 radical (unpaired) electrons. The minimum absolute atomic E-state index is 0.0450. The smallest absolute Gasteiger partial charge is 0.337 e. The van der Waals surface area contributed by atoms with Gasteiger partial charge in [0, 0.05) is 19.3 Å². The highest BCUT2D eigenvalue weighted by molar-refractivity contribution is 5.95. The molecule has 1 aliphatic heterocycles. The Morgan fingerprint density at radius 2 is 2.10 bits per heavy atom. The number of carboxylic acid groups (broad SMARTS) is 1. The van der Waals surface area contributed by atoms with Gasteiger partial charge in [0.2, 0.25) is 0 Å². The van der Waals surface area contributed by atoms with Gasteiger partial charge in [0.25, 0.3) is 0 Å². The monoisotopic (exact) mass is 295 g/mol. The SMILES string of the molecule is CN1CCC(CN(C)c2cc(C(=O)O)c(N)cc2F)CC1. The predicted molar refractivity (Wildman–Crippen MR) is 81.3 cm³/mol. The summed E-state index contributed by atoms with van der Waals surface area (Å²) in [7, 11) is 3.89. The van der Waals surface area contributed by atoms with Gasteiger partial charge in [-0.1, -0.05) is 0 Å². The number of nitrogen functional groups attached to an aromatic ring is 1. The average molecular weight is 295 g/mol. The predicted octanol–water partition coefficient (Wildman–Crippen LogP) is 1.88. The topological polar surface area (TPSA) is 69.8 Å². The second kappa shape index (κ2) is 6.30. The quantitative estimate of drug-likeness (QED) is 0.830. The van der Waals surface area contributed by atoms with Crippen molar-refractivity contribution in [3.63, 3.8) is 0 Å². The molecule has 21 heavy (non-hydrogen) atoms. The highest BCUT2D eigenvalue weighted by Gasteiger charge is 2.21. The summed E-state index contributed by atoms with van der Waals surface area (Å²) in [5, 5.41) is 9.09. The second-order valence-electron chi connectivity index (χ2n) is 5.82. The van der Waals surface area contributed by atoms with Gasteiger partial charge in [-0.15, -0.1) is 0 Å². The number of aromatic carboxylic acids is 1. The minimum Gasteiger partial charge on any atom is -0.478 e. The summed E-state index contributed by atoms with van der Waals surface area (Å²) in [6.45, 7) is 2.81. The summed E-state index contributed by atoms with van der Waals surface area (Å²) in [6.07, 6.45) is 2.15. The van der Waals surface area contributed by atoms with Crippen LogP contribution in [-0.2, 0) is 0 Å². The van der Waals surface area contributed by atoms with Crippen LogP contribution in [0.25, 0.3) is 0 Å². The lowest BCUT2D eigenvalue weighted by atomic mass is 9.96. The van der Waals surface area contributed by atoms with Crippen molar-refractivity contribution in [3.05, 3.63) is 23.5 Å². The molecule has 0 unspecified atom stereocenters. The Hall–Kier alpha value is -1.82. The van der Waals surface area contributed by atoms with E-state index in [0.717, 1.165) is 32.0 Å². The fraction of sp³-hybridized carbons (Fsp3) is 0.533. The van der Waals surface area contributed by atoms with Gasteiger partial charge >= 0.3 is 5.97 Å². The van der Waals surface area contributed by atoms with Gasteiger partial charge in [0.15, 0.2) is 0 Å². The van der Waals surface area contributed by atoms with Crippen LogP contribution in [0.4, 0.5) is 15.8 Å². The van der Waals surface area contributed by atoms with E-state index in [2.05, 4.69) is 11.9 Å². The van der Waals surface area contributed by atoms with Gasteiger partial charge in [-0.3, -0.25) is 0 Å². The zero-order valence-corrected chi connectivity index (χ0v) is 12.5. The number of carboxylic acids is 1. The lowest BCUT2D eigenvalue weighted by Crippen LogP contribution is -2.36. The van der Waals surface area contributed by atoms with E-state index in [1.165, 1.54) is 6.07 Å². The van der Waals surface area contributed by atoms with Crippen LogP contribution in [0.2, 0.25) is 0 Å². The Labute approximate surface area is 124 Å². The van der Waals surface area contributed by atoms with E-state index in [4.69, 9.17) is 10.8 Å². The van der Waals surface area contributed by atoms with Gasteiger partial charge in [-0.25, -0.2) is 9.18 Å². The third kappa shape index (κ3) is 3.64. The van der Waals surface area contributed by atoms with E-state index in [1.54, 1.807) is 11.9 Å². The summed E-state index contributed by atoms with van der Waals surface area (Å²) in [5.74, 6) is -1.12. The van der Waals surface area contributed by atoms with Crippen molar-refractivity contribution >= 4 is 17.3 Å². The van der Waals surface area contributed by atoms with Crippen LogP contribution < -0.4 is 10.6 Å². The maximum absolute atomic E-state index is 14.0. The molecule has 1 saturated heterocycles. The molecule has 0 aromatic heterocycles. The zero-order chi connectivity index (χ0) is 15.6. The van der Waals surface area contributed by atoms with E-state index in [0.29, 0.717) is 18.2 Å². The van der Waals surface area contributed by atoms with Gasteiger partial charge in [0.05, 0.1) is 11.3 Å². The average Bonchev–Trinajstić information content (AvgIpc) is 2.40. The van der Waals surface area contributed by atoms with E-state index < -0.39 is 11.8 Å². The summed E-state index contributed by atoms with van der Waals surface area (Å²) >= 11 is 0. The van der Waals surface area contributed by atoms with Crippen LogP contribution in [0.3, 0.4) is 0 Å². The number of nitrogens with zero attached hydrogens (tertiary/aromatic N) is 2. The van der Waals surface area contributed by atoms with Crippen LogP contribution >= 0.6 is 0 Å². The van der Waals surface area contributed by atoms with Crippen LogP contribution in [0.1, 0.15) is 23.2 Å². The first-order valence-corrected chi connectivity index (χ1v) is 7.10. The van der Waals surface area contributed by atoms with Crippen LogP contribution in [-0.4, -0.2) is 49.7 Å². The van der Waals surface area contributed by atoms with Crippen molar-refractivity contribution in [1.82, 2.24) is 4.90 Å². The molecule has 1 aromatic carbocycles. The van der Waals surface area contributed by atoms with Crippen molar-refractivity contribution in [2.45, 2.75) is 12.8 Å². The molecule has 1 aromatic rings. The molecule has 0 aliphatic carbocycles. The summed E-state index contributed by atoms with van der Waals surface area (Å²) in [4.78, 5) is 15.2. The minimum atomic E-state index is -1.14. The van der Waals surface area contributed by atoms with Crippen LogP contribution in [0.15, 0.2) is 12.1 Å². The van der Waals surface area contributed by atoms with Crippen LogP contribution in [0, 0.1) is 11.7 Å². The molecule has 0 bridgehead atoms. The highest BCUT2D eigenvalue weighted by Crippen LogP contribution is 2.27. The first-order chi connectivity index (χ1) is 9.88. The first-order valence-electron chi connectivity index (χ1n) is 7.10. The maximum atomic E-state index is 14.0. The van der Waals surface area contributed by atoms with E-state index in [-0.39, 0.29) is 11.3 Å². The van der Waals surface area contributed by atoms with E-state index >= 15 is 0 Å². The number of benzene rings is 1. The van der Waals surface area contributed by atoms with Crippen molar-refractivity contribution in [2.24, 2.45) is 5.92 Å². The number of hydrogen-bond donors (Lipinski definition) is 2. The van der Waals surface area contributed by atoms with E-state index in [9.17, 15) is 9.18 Å². The molecular weight excluding hydrogens is 273 g/mol. The Morgan fingerprint density at radius 1 is 1.48 bits per heavy atom. The molecule has 116 valence electrons. The number of anilines is 2. The number of rotatable bonds is 4. The third-order valence-corrected chi connectivity index (χ3v) is 4.13. The molecule has 0 saturated carbocycles.